The third-order valence-corrected chi connectivity index (χ3v) is 1.34. The Labute approximate surface area is 61.1 Å². The molecule has 0 aromatic heterocycles. The summed E-state index contributed by atoms with van der Waals surface area (Å²) >= 11 is 0. The second-order valence-electron chi connectivity index (χ2n) is 2.12. The van der Waals surface area contributed by atoms with Crippen LogP contribution in [0.5, 0.6) is 0 Å². The molecule has 0 spiro atoms. The second-order valence-corrected chi connectivity index (χ2v) is 2.12. The molecule has 2 radical (unpaired) electrons. The maximum atomic E-state index is 8.71. The van der Waals surface area contributed by atoms with Crippen molar-refractivity contribution in [2.75, 3.05) is 5.73 Å². The normalized spacial score (nSPS) is 9.70. The van der Waals surface area contributed by atoms with E-state index in [1.807, 2.05) is 0 Å². The molecule has 0 aliphatic heterocycles. The highest BCUT2D eigenvalue weighted by molar-refractivity contribution is 6.33. The number of rotatable bonds is 1. The van der Waals surface area contributed by atoms with Crippen molar-refractivity contribution in [3.05, 3.63) is 23.8 Å². The van der Waals surface area contributed by atoms with Gasteiger partial charge in [0.2, 0.25) is 0 Å². The zero-order chi connectivity index (χ0) is 7.56. The SMILES string of the molecule is [B]c1ccc(N)cc1CO. The minimum absolute atomic E-state index is 0.0587. The summed E-state index contributed by atoms with van der Waals surface area (Å²) in [4.78, 5) is 0. The maximum Gasteiger partial charge on any atom is 0.114 e. The molecule has 1 aromatic rings. The third-order valence-electron chi connectivity index (χ3n) is 1.34. The summed E-state index contributed by atoms with van der Waals surface area (Å²) < 4.78 is 0. The fourth-order valence-corrected chi connectivity index (χ4v) is 0.763. The van der Waals surface area contributed by atoms with Gasteiger partial charge in [-0.1, -0.05) is 11.5 Å². The van der Waals surface area contributed by atoms with E-state index in [1.54, 1.807) is 18.2 Å². The van der Waals surface area contributed by atoms with Gasteiger partial charge in [-0.05, 0) is 17.7 Å². The van der Waals surface area contributed by atoms with Crippen LogP contribution in [0.25, 0.3) is 0 Å². The zero-order valence-electron chi connectivity index (χ0n) is 5.54. The quantitative estimate of drug-likeness (QED) is 0.402. The van der Waals surface area contributed by atoms with Crippen molar-refractivity contribution in [3.8, 4) is 0 Å². The molecule has 1 aromatic carbocycles. The fourth-order valence-electron chi connectivity index (χ4n) is 0.763. The lowest BCUT2D eigenvalue weighted by Gasteiger charge is -2.02. The Morgan fingerprint density at radius 2 is 2.20 bits per heavy atom. The van der Waals surface area contributed by atoms with Gasteiger partial charge in [-0.2, -0.15) is 0 Å². The number of hydrogen-bond acceptors (Lipinski definition) is 2. The first kappa shape index (κ1) is 7.16. The number of nitrogen functional groups attached to an aromatic ring is 1. The van der Waals surface area contributed by atoms with Gasteiger partial charge >= 0.3 is 0 Å². The highest BCUT2D eigenvalue weighted by Crippen LogP contribution is 2.02. The Hall–Kier alpha value is -0.955. The summed E-state index contributed by atoms with van der Waals surface area (Å²) in [5.74, 6) is 0. The van der Waals surface area contributed by atoms with E-state index in [0.29, 0.717) is 16.7 Å². The molecule has 0 heterocycles. The molecule has 50 valence electrons. The van der Waals surface area contributed by atoms with E-state index in [4.69, 9.17) is 18.7 Å². The predicted octanol–water partition coefficient (Wildman–Crippen LogP) is -0.445. The summed E-state index contributed by atoms with van der Waals surface area (Å²) in [7, 11) is 5.48. The van der Waals surface area contributed by atoms with Crippen molar-refractivity contribution in [1.82, 2.24) is 0 Å². The summed E-state index contributed by atoms with van der Waals surface area (Å²) in [5.41, 5.74) is 7.32. The van der Waals surface area contributed by atoms with Gasteiger partial charge in [-0.3, -0.25) is 0 Å². The third kappa shape index (κ3) is 1.31. The molecule has 0 unspecified atom stereocenters. The molecule has 0 amide bonds. The van der Waals surface area contributed by atoms with Gasteiger partial charge in [0, 0.05) is 5.69 Å². The van der Waals surface area contributed by atoms with E-state index in [9.17, 15) is 0 Å². The van der Waals surface area contributed by atoms with Crippen molar-refractivity contribution in [1.29, 1.82) is 0 Å². The van der Waals surface area contributed by atoms with Crippen LogP contribution in [0.4, 0.5) is 5.69 Å². The summed E-state index contributed by atoms with van der Waals surface area (Å²) in [6, 6.07) is 5.05. The van der Waals surface area contributed by atoms with Gasteiger partial charge in [0.1, 0.15) is 7.85 Å². The van der Waals surface area contributed by atoms with Crippen molar-refractivity contribution < 1.29 is 5.11 Å². The van der Waals surface area contributed by atoms with Gasteiger partial charge < -0.3 is 10.8 Å². The van der Waals surface area contributed by atoms with E-state index in [0.717, 1.165) is 0 Å². The number of benzene rings is 1. The highest BCUT2D eigenvalue weighted by atomic mass is 16.3. The molecule has 0 saturated carbocycles. The molecule has 0 bridgehead atoms. The van der Waals surface area contributed by atoms with Gasteiger partial charge in [-0.25, -0.2) is 0 Å². The van der Waals surface area contributed by atoms with E-state index < -0.39 is 0 Å². The molecule has 2 nitrogen and oxygen atoms in total. The number of nitrogens with two attached hydrogens (primary N) is 1. The van der Waals surface area contributed by atoms with Crippen LogP contribution >= 0.6 is 0 Å². The molecule has 10 heavy (non-hydrogen) atoms. The number of anilines is 1. The van der Waals surface area contributed by atoms with Crippen LogP contribution in [0.1, 0.15) is 5.56 Å². The highest BCUT2D eigenvalue weighted by Gasteiger charge is 1.94. The smallest absolute Gasteiger partial charge is 0.114 e. The second kappa shape index (κ2) is 2.75. The Morgan fingerprint density at radius 3 is 2.70 bits per heavy atom. The lowest BCUT2D eigenvalue weighted by atomic mass is 9.91. The van der Waals surface area contributed by atoms with E-state index in [-0.39, 0.29) is 6.61 Å². The fraction of sp³-hybridized carbons (Fsp3) is 0.143. The Bertz CT molecular complexity index is 237. The van der Waals surface area contributed by atoms with E-state index >= 15 is 0 Å². The first-order chi connectivity index (χ1) is 4.74. The average Bonchev–Trinajstić information content (AvgIpc) is 1.94. The molecule has 3 N–H and O–H groups in total. The molecular weight excluding hydrogens is 125 g/mol. The van der Waals surface area contributed by atoms with E-state index in [2.05, 4.69) is 0 Å². The van der Waals surface area contributed by atoms with Crippen molar-refractivity contribution in [2.45, 2.75) is 6.61 Å². The van der Waals surface area contributed by atoms with Crippen LogP contribution in [0.15, 0.2) is 18.2 Å². The molecule has 3 heteroatoms. The molecule has 0 fully saturated rings. The van der Waals surface area contributed by atoms with Crippen LogP contribution in [0.2, 0.25) is 0 Å². The lowest BCUT2D eigenvalue weighted by molar-refractivity contribution is 0.283. The first-order valence-corrected chi connectivity index (χ1v) is 2.99. The monoisotopic (exact) mass is 133 g/mol. The predicted molar refractivity (Wildman–Crippen MR) is 42.2 cm³/mol. The largest absolute Gasteiger partial charge is 0.399 e. The number of aliphatic hydroxyl groups is 1. The lowest BCUT2D eigenvalue weighted by Crippen LogP contribution is -2.10. The molecule has 0 atom stereocenters. The number of hydrogen-bond donors (Lipinski definition) is 2. The Balaban J connectivity index is 3.09. The average molecular weight is 133 g/mol. The summed E-state index contributed by atoms with van der Waals surface area (Å²) in [6.07, 6.45) is 0. The van der Waals surface area contributed by atoms with E-state index in [1.165, 1.54) is 0 Å². The Morgan fingerprint density at radius 1 is 1.50 bits per heavy atom. The van der Waals surface area contributed by atoms with Crippen LogP contribution in [0.3, 0.4) is 0 Å². The minimum atomic E-state index is -0.0587. The van der Waals surface area contributed by atoms with Gasteiger partial charge in [-0.15, -0.1) is 0 Å². The van der Waals surface area contributed by atoms with Crippen LogP contribution in [-0.4, -0.2) is 13.0 Å². The Kier molecular flexibility index (Phi) is 1.97. The number of aliphatic hydroxyl groups excluding tert-OH is 1. The van der Waals surface area contributed by atoms with Crippen LogP contribution in [0, 0.1) is 0 Å². The standard InChI is InChI=1S/C7H8BNO/c8-7-2-1-6(9)3-5(7)4-10/h1-3,10H,4,9H2. The summed E-state index contributed by atoms with van der Waals surface area (Å²) in [6.45, 7) is -0.0587. The minimum Gasteiger partial charge on any atom is -0.399 e. The first-order valence-electron chi connectivity index (χ1n) is 2.99. The van der Waals surface area contributed by atoms with Crippen molar-refractivity contribution >= 4 is 19.0 Å². The van der Waals surface area contributed by atoms with Gasteiger partial charge in [0.05, 0.1) is 6.61 Å². The molecule has 0 aliphatic rings. The molecule has 1 rings (SSSR count). The van der Waals surface area contributed by atoms with Crippen LogP contribution < -0.4 is 11.2 Å². The van der Waals surface area contributed by atoms with Gasteiger partial charge in [0.25, 0.3) is 0 Å². The zero-order valence-corrected chi connectivity index (χ0v) is 5.54. The van der Waals surface area contributed by atoms with Crippen molar-refractivity contribution in [2.24, 2.45) is 0 Å². The van der Waals surface area contributed by atoms with Gasteiger partial charge in [0.15, 0.2) is 0 Å². The topological polar surface area (TPSA) is 46.2 Å². The van der Waals surface area contributed by atoms with Crippen LogP contribution in [-0.2, 0) is 6.61 Å². The molecule has 0 saturated heterocycles. The van der Waals surface area contributed by atoms with Crippen molar-refractivity contribution in [3.63, 3.8) is 0 Å². The molecule has 0 aliphatic carbocycles. The maximum absolute atomic E-state index is 8.71. The summed E-state index contributed by atoms with van der Waals surface area (Å²) in [5, 5.41) is 8.71. The molecular formula is C7H8BNO.